The van der Waals surface area contributed by atoms with E-state index in [1.165, 1.54) is 38.2 Å². The molecule has 3 heteroatoms. The Balaban J connectivity index is 1.63. The van der Waals surface area contributed by atoms with Crippen LogP contribution in [0.25, 0.3) is 0 Å². The molecule has 1 aromatic rings. The fourth-order valence-corrected chi connectivity index (χ4v) is 4.17. The highest BCUT2D eigenvalue weighted by molar-refractivity contribution is 9.09. The van der Waals surface area contributed by atoms with Crippen molar-refractivity contribution in [2.24, 2.45) is 5.92 Å². The monoisotopic (exact) mass is 326 g/mol. The highest BCUT2D eigenvalue weighted by atomic mass is 79.9. The van der Waals surface area contributed by atoms with Crippen molar-refractivity contribution in [2.75, 3.05) is 0 Å². The van der Waals surface area contributed by atoms with Crippen LogP contribution in [0.5, 0.6) is 5.75 Å². The number of fused-ring (bicyclic) bond motifs is 1. The zero-order chi connectivity index (χ0) is 13.2. The summed E-state index contributed by atoms with van der Waals surface area (Å²) >= 11 is 3.84. The molecule has 0 spiro atoms. The number of alkyl halides is 1. The number of halogens is 2. The summed E-state index contributed by atoms with van der Waals surface area (Å²) in [5.74, 6) is 1.42. The Bertz CT molecular complexity index is 448. The minimum atomic E-state index is -0.157. The molecule has 1 aromatic carbocycles. The van der Waals surface area contributed by atoms with Gasteiger partial charge in [-0.05, 0) is 43.4 Å². The number of hydrogen-bond acceptors (Lipinski definition) is 1. The zero-order valence-corrected chi connectivity index (χ0v) is 12.7. The van der Waals surface area contributed by atoms with Gasteiger partial charge in [0.1, 0.15) is 17.7 Å². The van der Waals surface area contributed by atoms with E-state index >= 15 is 0 Å². The van der Waals surface area contributed by atoms with E-state index in [2.05, 4.69) is 15.9 Å². The van der Waals surface area contributed by atoms with Crippen molar-refractivity contribution in [1.82, 2.24) is 0 Å². The molecule has 1 nitrogen and oxygen atoms in total. The van der Waals surface area contributed by atoms with Gasteiger partial charge in [-0.3, -0.25) is 0 Å². The molecule has 0 bridgehead atoms. The van der Waals surface area contributed by atoms with Gasteiger partial charge in [0.05, 0.1) is 0 Å². The molecule has 0 radical (unpaired) electrons. The van der Waals surface area contributed by atoms with E-state index in [-0.39, 0.29) is 11.9 Å². The highest BCUT2D eigenvalue weighted by Gasteiger charge is 2.29. The fraction of sp³-hybridized carbons (Fsp3) is 0.625. The minimum Gasteiger partial charge on any atom is -0.490 e. The van der Waals surface area contributed by atoms with Crippen LogP contribution in [-0.4, -0.2) is 10.9 Å². The molecular weight excluding hydrogens is 307 g/mol. The highest BCUT2D eigenvalue weighted by Crippen LogP contribution is 2.37. The number of benzene rings is 1. The maximum atomic E-state index is 13.2. The summed E-state index contributed by atoms with van der Waals surface area (Å²) in [4.78, 5) is 0.624. The van der Waals surface area contributed by atoms with Crippen LogP contribution in [0.3, 0.4) is 0 Å². The normalized spacial score (nSPS) is 30.5. The molecule has 1 aliphatic carbocycles. The zero-order valence-electron chi connectivity index (χ0n) is 11.1. The Morgan fingerprint density at radius 2 is 2.05 bits per heavy atom. The first-order valence-electron chi connectivity index (χ1n) is 7.31. The molecule has 0 amide bonds. The first-order valence-corrected chi connectivity index (χ1v) is 8.23. The molecule has 1 saturated carbocycles. The molecule has 3 atom stereocenters. The van der Waals surface area contributed by atoms with E-state index in [0.717, 1.165) is 24.2 Å². The fourth-order valence-electron chi connectivity index (χ4n) is 3.36. The average Bonchev–Trinajstić information content (AvgIpc) is 2.66. The maximum absolute atomic E-state index is 13.2. The Morgan fingerprint density at radius 3 is 2.95 bits per heavy atom. The van der Waals surface area contributed by atoms with Crippen LogP contribution in [-0.2, 0) is 6.42 Å². The van der Waals surface area contributed by atoms with Crippen molar-refractivity contribution in [3.63, 3.8) is 0 Å². The van der Waals surface area contributed by atoms with Crippen molar-refractivity contribution in [1.29, 1.82) is 0 Å². The van der Waals surface area contributed by atoms with E-state index < -0.39 is 0 Å². The Hall–Kier alpha value is -0.570. The predicted octanol–water partition coefficient (Wildman–Crippen LogP) is 4.86. The van der Waals surface area contributed by atoms with Crippen molar-refractivity contribution in [3.05, 3.63) is 29.6 Å². The standard InChI is InChI=1S/C16H20BrFO/c17-15-5-3-1-2-4-11(15)9-14-10-12-8-13(18)6-7-16(12)19-14/h6-8,11,14-15H,1-5,9-10H2. The quantitative estimate of drug-likeness (QED) is 0.557. The summed E-state index contributed by atoms with van der Waals surface area (Å²) < 4.78 is 19.2. The van der Waals surface area contributed by atoms with Crippen molar-refractivity contribution in [3.8, 4) is 5.75 Å². The maximum Gasteiger partial charge on any atom is 0.123 e. The third-order valence-corrected chi connectivity index (χ3v) is 5.60. The molecule has 3 rings (SSSR count). The molecule has 0 saturated heterocycles. The third kappa shape index (κ3) is 3.13. The molecule has 1 heterocycles. The van der Waals surface area contributed by atoms with Crippen molar-refractivity contribution >= 4 is 15.9 Å². The molecule has 19 heavy (non-hydrogen) atoms. The van der Waals surface area contributed by atoms with Gasteiger partial charge >= 0.3 is 0 Å². The molecule has 2 aliphatic rings. The van der Waals surface area contributed by atoms with Gasteiger partial charge in [-0.2, -0.15) is 0 Å². The number of rotatable bonds is 2. The van der Waals surface area contributed by atoms with E-state index in [4.69, 9.17) is 4.74 Å². The van der Waals surface area contributed by atoms with Crippen LogP contribution in [0.2, 0.25) is 0 Å². The van der Waals surface area contributed by atoms with Gasteiger partial charge < -0.3 is 4.74 Å². The summed E-state index contributed by atoms with van der Waals surface area (Å²) in [5.41, 5.74) is 1.03. The van der Waals surface area contributed by atoms with Crippen LogP contribution in [0.1, 0.15) is 44.1 Å². The van der Waals surface area contributed by atoms with E-state index in [9.17, 15) is 4.39 Å². The summed E-state index contributed by atoms with van der Waals surface area (Å²) in [6.07, 6.45) is 8.79. The van der Waals surface area contributed by atoms with Crippen LogP contribution in [0, 0.1) is 11.7 Å². The lowest BCUT2D eigenvalue weighted by atomic mass is 9.92. The van der Waals surface area contributed by atoms with Crippen LogP contribution in [0.15, 0.2) is 18.2 Å². The van der Waals surface area contributed by atoms with Gasteiger partial charge in [0, 0.05) is 16.8 Å². The molecule has 0 N–H and O–H groups in total. The molecular formula is C16H20BrFO. The van der Waals surface area contributed by atoms with Crippen LogP contribution < -0.4 is 4.74 Å². The van der Waals surface area contributed by atoms with Crippen molar-refractivity contribution in [2.45, 2.75) is 55.9 Å². The second kappa shape index (κ2) is 5.82. The molecule has 3 unspecified atom stereocenters. The second-order valence-electron chi connectivity index (χ2n) is 5.85. The molecule has 1 fully saturated rings. The second-order valence-corrected chi connectivity index (χ2v) is 7.02. The van der Waals surface area contributed by atoms with Crippen LogP contribution >= 0.6 is 15.9 Å². The first kappa shape index (κ1) is 13.4. The van der Waals surface area contributed by atoms with Gasteiger partial charge in [-0.1, -0.05) is 35.2 Å². The van der Waals surface area contributed by atoms with Gasteiger partial charge in [-0.15, -0.1) is 0 Å². The van der Waals surface area contributed by atoms with Gasteiger partial charge in [0.2, 0.25) is 0 Å². The Kier molecular flexibility index (Phi) is 4.11. The van der Waals surface area contributed by atoms with E-state index in [1.54, 1.807) is 12.1 Å². The number of hydrogen-bond donors (Lipinski definition) is 0. The van der Waals surface area contributed by atoms with Crippen LogP contribution in [0.4, 0.5) is 4.39 Å². The first-order chi connectivity index (χ1) is 9.22. The minimum absolute atomic E-state index is 0.157. The Labute approximate surface area is 122 Å². The summed E-state index contributed by atoms with van der Waals surface area (Å²) in [6.45, 7) is 0. The van der Waals surface area contributed by atoms with E-state index in [0.29, 0.717) is 10.7 Å². The third-order valence-electron chi connectivity index (χ3n) is 4.40. The SMILES string of the molecule is Fc1ccc2c(c1)CC(CC1CCCCCC1Br)O2. The van der Waals surface area contributed by atoms with Gasteiger partial charge in [0.15, 0.2) is 0 Å². The molecule has 104 valence electrons. The summed E-state index contributed by atoms with van der Waals surface area (Å²) in [6, 6.07) is 4.87. The lowest BCUT2D eigenvalue weighted by Crippen LogP contribution is -2.23. The summed E-state index contributed by atoms with van der Waals surface area (Å²) in [5, 5.41) is 0. The smallest absolute Gasteiger partial charge is 0.123 e. The van der Waals surface area contributed by atoms with Gasteiger partial charge in [0.25, 0.3) is 0 Å². The molecule has 0 aromatic heterocycles. The lowest BCUT2D eigenvalue weighted by Gasteiger charge is -2.23. The predicted molar refractivity (Wildman–Crippen MR) is 78.4 cm³/mol. The lowest BCUT2D eigenvalue weighted by molar-refractivity contribution is 0.189. The van der Waals surface area contributed by atoms with Gasteiger partial charge in [-0.25, -0.2) is 4.39 Å². The van der Waals surface area contributed by atoms with E-state index in [1.807, 2.05) is 0 Å². The number of ether oxygens (including phenoxy) is 1. The average molecular weight is 327 g/mol. The largest absolute Gasteiger partial charge is 0.490 e. The Morgan fingerprint density at radius 1 is 1.21 bits per heavy atom. The topological polar surface area (TPSA) is 9.23 Å². The summed E-state index contributed by atoms with van der Waals surface area (Å²) in [7, 11) is 0. The van der Waals surface area contributed by atoms with Crippen molar-refractivity contribution < 1.29 is 9.13 Å². The molecule has 1 aliphatic heterocycles.